The zero-order valence-corrected chi connectivity index (χ0v) is 18.5. The molecule has 0 aliphatic rings. The molecule has 1 atom stereocenters. The lowest BCUT2D eigenvalue weighted by atomic mass is 10.2. The van der Waals surface area contributed by atoms with Crippen molar-refractivity contribution in [1.82, 2.24) is 15.0 Å². The lowest BCUT2D eigenvalue weighted by Crippen LogP contribution is -2.46. The molecule has 2 N–H and O–H groups in total. The lowest BCUT2D eigenvalue weighted by molar-refractivity contribution is -0.118. The van der Waals surface area contributed by atoms with Crippen LogP contribution in [-0.4, -0.2) is 46.3 Å². The molecule has 2 heterocycles. The Bertz CT molecular complexity index is 892. The van der Waals surface area contributed by atoms with E-state index in [0.717, 1.165) is 0 Å². The molecule has 2 aromatic heterocycles. The van der Waals surface area contributed by atoms with Gasteiger partial charge in [0.25, 0.3) is 11.8 Å². The van der Waals surface area contributed by atoms with Gasteiger partial charge in [-0.25, -0.2) is 9.78 Å². The molecule has 0 aliphatic carbocycles. The highest BCUT2D eigenvalue weighted by Crippen LogP contribution is 2.21. The predicted octanol–water partition coefficient (Wildman–Crippen LogP) is 2.91. The van der Waals surface area contributed by atoms with Gasteiger partial charge in [-0.3, -0.25) is 24.6 Å². The summed E-state index contributed by atoms with van der Waals surface area (Å²) >= 11 is 3.33. The zero-order valence-electron chi connectivity index (χ0n) is 16.9. The molecule has 0 radical (unpaired) electrons. The summed E-state index contributed by atoms with van der Waals surface area (Å²) in [6.45, 7) is 6.69. The van der Waals surface area contributed by atoms with Gasteiger partial charge in [0.05, 0.1) is 4.47 Å². The number of ether oxygens (including phenoxy) is 1. The highest BCUT2D eigenvalue weighted by Gasteiger charge is 2.25. The van der Waals surface area contributed by atoms with Crippen LogP contribution in [-0.2, 0) is 9.53 Å². The number of alkyl carbamates (subject to hydrolysis) is 1. The minimum Gasteiger partial charge on any atom is -0.444 e. The average molecular weight is 466 g/mol. The van der Waals surface area contributed by atoms with Crippen molar-refractivity contribution in [3.63, 3.8) is 0 Å². The normalized spacial score (nSPS) is 12.1. The molecule has 9 nitrogen and oxygen atoms in total. The summed E-state index contributed by atoms with van der Waals surface area (Å²) in [5.41, 5.74) is 2.12. The second-order valence-corrected chi connectivity index (χ2v) is 8.13. The van der Waals surface area contributed by atoms with Crippen molar-refractivity contribution in [2.75, 3.05) is 17.4 Å². The van der Waals surface area contributed by atoms with E-state index in [0.29, 0.717) is 10.3 Å². The Morgan fingerprint density at radius 3 is 2.52 bits per heavy atom. The highest BCUT2D eigenvalue weighted by atomic mass is 79.9. The van der Waals surface area contributed by atoms with Crippen LogP contribution in [0.5, 0.6) is 0 Å². The first-order valence-electron chi connectivity index (χ1n) is 8.86. The second-order valence-electron chi connectivity index (χ2n) is 7.28. The number of carbonyl (C=O) groups excluding carboxylic acids is 3. The maximum absolute atomic E-state index is 12.9. The number of aromatic nitrogens is 2. The Hall–Kier alpha value is -2.88. The van der Waals surface area contributed by atoms with Crippen LogP contribution in [0.1, 0.15) is 38.2 Å². The highest BCUT2D eigenvalue weighted by molar-refractivity contribution is 9.10. The van der Waals surface area contributed by atoms with Crippen LogP contribution in [0.25, 0.3) is 0 Å². The second kappa shape index (κ2) is 9.08. The number of rotatable bonds is 5. The molecule has 0 aliphatic heterocycles. The molecule has 0 aromatic carbocycles. The monoisotopic (exact) mass is 465 g/mol. The Labute approximate surface area is 177 Å². The molecule has 156 valence electrons. The maximum atomic E-state index is 12.9. The Morgan fingerprint density at radius 1 is 1.24 bits per heavy atom. The van der Waals surface area contributed by atoms with Gasteiger partial charge in [-0.15, -0.1) is 0 Å². The molecule has 2 rings (SSSR count). The molecule has 29 heavy (non-hydrogen) atoms. The first-order chi connectivity index (χ1) is 13.5. The molecule has 0 bridgehead atoms. The molecule has 0 saturated heterocycles. The third-order valence-corrected chi connectivity index (χ3v) is 4.33. The van der Waals surface area contributed by atoms with Gasteiger partial charge < -0.3 is 10.1 Å². The number of pyridine rings is 1. The van der Waals surface area contributed by atoms with Crippen LogP contribution in [0.4, 0.5) is 10.6 Å². The average Bonchev–Trinajstić information content (AvgIpc) is 2.99. The van der Waals surface area contributed by atoms with Crippen LogP contribution in [0, 0.1) is 0 Å². The molecule has 10 heteroatoms. The molecule has 0 fully saturated rings. The smallest absolute Gasteiger partial charge is 0.408 e. The van der Waals surface area contributed by atoms with Crippen molar-refractivity contribution in [2.24, 2.45) is 0 Å². The molecule has 0 unspecified atom stereocenters. The van der Waals surface area contributed by atoms with E-state index in [1.807, 2.05) is 0 Å². The third-order valence-electron chi connectivity index (χ3n) is 3.69. The van der Waals surface area contributed by atoms with Crippen molar-refractivity contribution in [3.05, 3.63) is 46.8 Å². The summed E-state index contributed by atoms with van der Waals surface area (Å²) in [6, 6.07) is 5.96. The summed E-state index contributed by atoms with van der Waals surface area (Å²) in [7, 11) is 1.59. The fourth-order valence-electron chi connectivity index (χ4n) is 2.29. The van der Waals surface area contributed by atoms with Crippen LogP contribution < -0.4 is 15.6 Å². The lowest BCUT2D eigenvalue weighted by Gasteiger charge is -2.22. The van der Waals surface area contributed by atoms with E-state index < -0.39 is 23.6 Å². The van der Waals surface area contributed by atoms with Crippen LogP contribution in [0.3, 0.4) is 0 Å². The Kier molecular flexibility index (Phi) is 7.02. The van der Waals surface area contributed by atoms with Crippen molar-refractivity contribution >= 4 is 39.7 Å². The molecule has 3 amide bonds. The van der Waals surface area contributed by atoms with Gasteiger partial charge in [0.1, 0.15) is 23.2 Å². The molecular formula is C19H24BrN5O4. The fraction of sp³-hybridized carbons (Fsp3) is 0.368. The van der Waals surface area contributed by atoms with Crippen molar-refractivity contribution in [1.29, 1.82) is 0 Å². The Morgan fingerprint density at radius 2 is 1.93 bits per heavy atom. The SMILES string of the molecule is C[C@H](NC(=O)OC(C)(C)C)C(=O)Nn1ccc(Br)c1C(=O)N(C)c1ccccn1. The van der Waals surface area contributed by atoms with Crippen molar-refractivity contribution < 1.29 is 19.1 Å². The van der Waals surface area contributed by atoms with Gasteiger partial charge in [0.2, 0.25) is 0 Å². The van der Waals surface area contributed by atoms with Crippen LogP contribution in [0.2, 0.25) is 0 Å². The number of hydrogen-bond acceptors (Lipinski definition) is 5. The number of anilines is 1. The first kappa shape index (κ1) is 22.4. The van der Waals surface area contributed by atoms with Crippen molar-refractivity contribution in [3.8, 4) is 0 Å². The van der Waals surface area contributed by atoms with Gasteiger partial charge in [0, 0.05) is 19.4 Å². The molecule has 2 aromatic rings. The van der Waals surface area contributed by atoms with Gasteiger partial charge in [-0.2, -0.15) is 0 Å². The summed E-state index contributed by atoms with van der Waals surface area (Å²) in [5, 5.41) is 2.46. The van der Waals surface area contributed by atoms with E-state index in [9.17, 15) is 14.4 Å². The topological polar surface area (TPSA) is 106 Å². The van der Waals surface area contributed by atoms with Gasteiger partial charge in [-0.05, 0) is 61.8 Å². The van der Waals surface area contributed by atoms with E-state index in [-0.39, 0.29) is 11.6 Å². The number of hydrogen-bond donors (Lipinski definition) is 2. The zero-order chi connectivity index (χ0) is 21.8. The van der Waals surface area contributed by atoms with E-state index in [1.54, 1.807) is 58.3 Å². The predicted molar refractivity (Wildman–Crippen MR) is 112 cm³/mol. The standard InChI is InChI=1S/C19H24BrN5O4/c1-12(22-18(28)29-19(2,3)4)16(26)23-25-11-9-13(20)15(25)17(27)24(5)14-8-6-7-10-21-14/h6-12H,1-5H3,(H,22,28)(H,23,26)/t12-/m0/s1. The number of halogens is 1. The largest absolute Gasteiger partial charge is 0.444 e. The van der Waals surface area contributed by atoms with E-state index in [1.165, 1.54) is 22.7 Å². The summed E-state index contributed by atoms with van der Waals surface area (Å²) in [6.07, 6.45) is 2.40. The third kappa shape index (κ3) is 6.05. The summed E-state index contributed by atoms with van der Waals surface area (Å²) in [5.74, 6) is -0.439. The summed E-state index contributed by atoms with van der Waals surface area (Å²) < 4.78 is 6.93. The van der Waals surface area contributed by atoms with E-state index >= 15 is 0 Å². The summed E-state index contributed by atoms with van der Waals surface area (Å²) in [4.78, 5) is 42.8. The van der Waals surface area contributed by atoms with E-state index in [2.05, 4.69) is 31.7 Å². The fourth-order valence-corrected chi connectivity index (χ4v) is 2.77. The molecule has 0 spiro atoms. The van der Waals surface area contributed by atoms with Crippen LogP contribution >= 0.6 is 15.9 Å². The molecular weight excluding hydrogens is 442 g/mol. The maximum Gasteiger partial charge on any atom is 0.408 e. The number of nitrogens with zero attached hydrogens (tertiary/aromatic N) is 3. The van der Waals surface area contributed by atoms with E-state index in [4.69, 9.17) is 4.74 Å². The molecule has 0 saturated carbocycles. The van der Waals surface area contributed by atoms with Crippen LogP contribution in [0.15, 0.2) is 41.1 Å². The number of carbonyl (C=O) groups is 3. The van der Waals surface area contributed by atoms with Gasteiger partial charge >= 0.3 is 6.09 Å². The number of nitrogens with one attached hydrogen (secondary N) is 2. The quantitative estimate of drug-likeness (QED) is 0.705. The van der Waals surface area contributed by atoms with Crippen molar-refractivity contribution in [2.45, 2.75) is 39.3 Å². The number of amides is 3. The minimum atomic E-state index is -0.887. The Balaban J connectivity index is 2.11. The first-order valence-corrected chi connectivity index (χ1v) is 9.65. The van der Waals surface area contributed by atoms with Gasteiger partial charge in [0.15, 0.2) is 0 Å². The van der Waals surface area contributed by atoms with Gasteiger partial charge in [-0.1, -0.05) is 6.07 Å². The minimum absolute atomic E-state index is 0.205.